The Balaban J connectivity index is 1.66. The van der Waals surface area contributed by atoms with E-state index in [0.717, 1.165) is 67.3 Å². The quantitative estimate of drug-likeness (QED) is 0.433. The van der Waals surface area contributed by atoms with Crippen LogP contribution >= 0.6 is 0 Å². The molecule has 0 saturated heterocycles. The fraction of sp³-hybridized carbons (Fsp3) is 0.379. The molecule has 0 fully saturated rings. The molecule has 0 spiro atoms. The molecule has 4 heteroatoms. The van der Waals surface area contributed by atoms with Crippen LogP contribution < -0.4 is 5.43 Å². The topological polar surface area (TPSA) is 48.3 Å². The second-order valence-corrected chi connectivity index (χ2v) is 9.22. The smallest absolute Gasteiger partial charge is 0.338 e. The van der Waals surface area contributed by atoms with E-state index in [9.17, 15) is 9.59 Å². The van der Waals surface area contributed by atoms with E-state index in [4.69, 9.17) is 4.74 Å². The molecule has 0 aliphatic heterocycles. The van der Waals surface area contributed by atoms with Gasteiger partial charge in [-0.05, 0) is 60.8 Å². The van der Waals surface area contributed by atoms with E-state index in [1.807, 2.05) is 18.2 Å². The fourth-order valence-corrected chi connectivity index (χ4v) is 4.86. The van der Waals surface area contributed by atoms with Gasteiger partial charge in [0.2, 0.25) is 0 Å². The number of methoxy groups -OCH3 is 1. The molecule has 0 bridgehead atoms. The van der Waals surface area contributed by atoms with Gasteiger partial charge >= 0.3 is 5.97 Å². The molecule has 1 aromatic heterocycles. The van der Waals surface area contributed by atoms with Crippen molar-refractivity contribution in [1.29, 1.82) is 0 Å². The minimum absolute atomic E-state index is 0.274. The average Bonchev–Trinajstić information content (AvgIpc) is 2.85. The van der Waals surface area contributed by atoms with Gasteiger partial charge in [0.1, 0.15) is 0 Å². The number of hydrogen-bond donors (Lipinski definition) is 0. The SMILES string of the molecule is CCCCc1cn(Cc2ccc(-c3ccccc3C(=O)OC)cc2)c2c(c1=O)CC(C)CC2. The number of aromatic nitrogens is 1. The van der Waals surface area contributed by atoms with Gasteiger partial charge in [-0.3, -0.25) is 4.79 Å². The van der Waals surface area contributed by atoms with Crippen LogP contribution in [0.25, 0.3) is 11.1 Å². The van der Waals surface area contributed by atoms with E-state index in [1.54, 1.807) is 6.07 Å². The zero-order valence-corrected chi connectivity index (χ0v) is 19.9. The van der Waals surface area contributed by atoms with Crippen molar-refractivity contribution >= 4 is 5.97 Å². The van der Waals surface area contributed by atoms with Gasteiger partial charge in [0, 0.05) is 29.6 Å². The Morgan fingerprint density at radius 1 is 1.12 bits per heavy atom. The van der Waals surface area contributed by atoms with Gasteiger partial charge in [0.05, 0.1) is 12.7 Å². The summed E-state index contributed by atoms with van der Waals surface area (Å²) in [5, 5.41) is 0. The summed E-state index contributed by atoms with van der Waals surface area (Å²) in [6, 6.07) is 15.9. The lowest BCUT2D eigenvalue weighted by molar-refractivity contribution is 0.0601. The zero-order chi connectivity index (χ0) is 23.4. The van der Waals surface area contributed by atoms with E-state index in [1.165, 1.54) is 18.4 Å². The minimum Gasteiger partial charge on any atom is -0.465 e. The van der Waals surface area contributed by atoms with Crippen LogP contribution in [-0.2, 0) is 30.5 Å². The molecule has 172 valence electrons. The van der Waals surface area contributed by atoms with Crippen molar-refractivity contribution in [3.8, 4) is 11.1 Å². The molecule has 0 radical (unpaired) electrons. The summed E-state index contributed by atoms with van der Waals surface area (Å²) in [6.07, 6.45) is 8.05. The van der Waals surface area contributed by atoms with E-state index >= 15 is 0 Å². The molecule has 1 unspecified atom stereocenters. The minimum atomic E-state index is -0.330. The lowest BCUT2D eigenvalue weighted by Gasteiger charge is -2.26. The van der Waals surface area contributed by atoms with Crippen molar-refractivity contribution in [3.05, 3.63) is 92.9 Å². The van der Waals surface area contributed by atoms with Gasteiger partial charge in [-0.15, -0.1) is 0 Å². The van der Waals surface area contributed by atoms with Crippen LogP contribution in [0.4, 0.5) is 0 Å². The van der Waals surface area contributed by atoms with Crippen molar-refractivity contribution < 1.29 is 9.53 Å². The number of rotatable bonds is 7. The normalized spacial score (nSPS) is 15.2. The van der Waals surface area contributed by atoms with Crippen molar-refractivity contribution in [2.45, 2.75) is 58.9 Å². The molecule has 33 heavy (non-hydrogen) atoms. The summed E-state index contributed by atoms with van der Waals surface area (Å²) in [4.78, 5) is 25.3. The number of ether oxygens (including phenoxy) is 1. The van der Waals surface area contributed by atoms with Crippen molar-refractivity contribution in [3.63, 3.8) is 0 Å². The highest BCUT2D eigenvalue weighted by molar-refractivity contribution is 5.97. The highest BCUT2D eigenvalue weighted by atomic mass is 16.5. The van der Waals surface area contributed by atoms with Crippen LogP contribution in [0.15, 0.2) is 59.5 Å². The molecular weight excluding hydrogens is 410 g/mol. The third-order valence-electron chi connectivity index (χ3n) is 6.75. The maximum atomic E-state index is 13.1. The fourth-order valence-electron chi connectivity index (χ4n) is 4.86. The molecule has 0 amide bonds. The number of carbonyl (C=O) groups excluding carboxylic acids is 1. The average molecular weight is 444 g/mol. The Morgan fingerprint density at radius 3 is 2.61 bits per heavy atom. The van der Waals surface area contributed by atoms with Gasteiger partial charge in [-0.1, -0.05) is 62.7 Å². The highest BCUT2D eigenvalue weighted by Crippen LogP contribution is 2.27. The van der Waals surface area contributed by atoms with Gasteiger partial charge < -0.3 is 9.30 Å². The molecular formula is C29H33NO3. The predicted octanol–water partition coefficient (Wildman–Crippen LogP) is 5.82. The first kappa shape index (κ1) is 23.0. The molecule has 0 N–H and O–H groups in total. The number of hydrogen-bond acceptors (Lipinski definition) is 3. The van der Waals surface area contributed by atoms with E-state index < -0.39 is 0 Å². The van der Waals surface area contributed by atoms with Crippen LogP contribution in [0.5, 0.6) is 0 Å². The summed E-state index contributed by atoms with van der Waals surface area (Å²) in [5.41, 5.74) is 7.07. The predicted molar refractivity (Wildman–Crippen MR) is 133 cm³/mol. The number of fused-ring (bicyclic) bond motifs is 1. The van der Waals surface area contributed by atoms with Gasteiger partial charge in [0.15, 0.2) is 5.43 Å². The highest BCUT2D eigenvalue weighted by Gasteiger charge is 2.22. The second kappa shape index (κ2) is 10.2. The maximum absolute atomic E-state index is 13.1. The first-order valence-electron chi connectivity index (χ1n) is 12.0. The number of unbranched alkanes of at least 4 members (excludes halogenated alkanes) is 1. The van der Waals surface area contributed by atoms with Crippen LogP contribution in [0.2, 0.25) is 0 Å². The standard InChI is InChI=1S/C29H33NO3/c1-4-5-8-23-19-30(27-16-11-20(2)17-26(27)28(23)31)18-21-12-14-22(15-13-21)24-9-6-7-10-25(24)29(32)33-3/h6-7,9-10,12-15,19-20H,4-5,8,11,16-18H2,1-3H3. The Hall–Kier alpha value is -3.14. The van der Waals surface area contributed by atoms with Crippen molar-refractivity contribution in [1.82, 2.24) is 4.57 Å². The number of benzene rings is 2. The third kappa shape index (κ3) is 4.95. The third-order valence-corrected chi connectivity index (χ3v) is 6.75. The Bertz CT molecular complexity index is 1190. The summed E-state index contributed by atoms with van der Waals surface area (Å²) in [5.74, 6) is 0.234. The molecule has 4 rings (SSSR count). The van der Waals surface area contributed by atoms with E-state index in [0.29, 0.717) is 11.5 Å². The molecule has 1 aliphatic carbocycles. The number of aryl methyl sites for hydroxylation is 1. The maximum Gasteiger partial charge on any atom is 0.338 e. The molecule has 2 aromatic carbocycles. The van der Waals surface area contributed by atoms with Crippen molar-refractivity contribution in [2.24, 2.45) is 5.92 Å². The zero-order valence-electron chi connectivity index (χ0n) is 19.9. The summed E-state index contributed by atoms with van der Waals surface area (Å²) in [6.45, 7) is 5.16. The monoisotopic (exact) mass is 443 g/mol. The number of pyridine rings is 1. The Kier molecular flexibility index (Phi) is 7.12. The van der Waals surface area contributed by atoms with Crippen LogP contribution in [0.1, 0.15) is 65.9 Å². The summed E-state index contributed by atoms with van der Waals surface area (Å²) < 4.78 is 7.25. The summed E-state index contributed by atoms with van der Waals surface area (Å²) >= 11 is 0. The number of nitrogens with zero attached hydrogens (tertiary/aromatic N) is 1. The Morgan fingerprint density at radius 2 is 1.88 bits per heavy atom. The lowest BCUT2D eigenvalue weighted by atomic mass is 9.86. The Labute approximate surface area is 196 Å². The van der Waals surface area contributed by atoms with Crippen LogP contribution in [0.3, 0.4) is 0 Å². The van der Waals surface area contributed by atoms with Gasteiger partial charge in [0.25, 0.3) is 0 Å². The molecule has 0 saturated carbocycles. The van der Waals surface area contributed by atoms with E-state index in [2.05, 4.69) is 48.9 Å². The molecule has 1 heterocycles. The van der Waals surface area contributed by atoms with Crippen LogP contribution in [-0.4, -0.2) is 17.6 Å². The van der Waals surface area contributed by atoms with Gasteiger partial charge in [-0.25, -0.2) is 4.79 Å². The molecule has 4 nitrogen and oxygen atoms in total. The molecule has 1 aliphatic rings. The van der Waals surface area contributed by atoms with Crippen molar-refractivity contribution in [2.75, 3.05) is 7.11 Å². The number of esters is 1. The largest absolute Gasteiger partial charge is 0.465 e. The van der Waals surface area contributed by atoms with Crippen LogP contribution in [0, 0.1) is 5.92 Å². The molecule has 3 aromatic rings. The number of carbonyl (C=O) groups is 1. The van der Waals surface area contributed by atoms with Gasteiger partial charge in [-0.2, -0.15) is 0 Å². The first-order valence-corrected chi connectivity index (χ1v) is 12.0. The van der Waals surface area contributed by atoms with E-state index in [-0.39, 0.29) is 11.4 Å². The first-order chi connectivity index (χ1) is 16.0. The molecule has 1 atom stereocenters. The summed E-state index contributed by atoms with van der Waals surface area (Å²) in [7, 11) is 1.41. The lowest BCUT2D eigenvalue weighted by Crippen LogP contribution is -2.28. The second-order valence-electron chi connectivity index (χ2n) is 9.22.